The van der Waals surface area contributed by atoms with E-state index in [9.17, 15) is 18.0 Å². The SMILES string of the molecule is CCC(=CC=C(C)C=CCN1CCC2(CN(C(=O)/C(=C/C=N)CCCl)C3CC=C(Cl)CC3)C(C)C2C1)C(F)(F)F. The molecule has 2 fully saturated rings. The summed E-state index contributed by atoms with van der Waals surface area (Å²) in [4.78, 5) is 18.2. The molecule has 0 aromatic carbocycles. The summed E-state index contributed by atoms with van der Waals surface area (Å²) >= 11 is 12.2. The number of alkyl halides is 4. The fourth-order valence-electron chi connectivity index (χ4n) is 6.29. The molecule has 0 aromatic heterocycles. The third kappa shape index (κ3) is 8.13. The molecular weight excluding hydrogens is 558 g/mol. The van der Waals surface area contributed by atoms with Crippen LogP contribution in [0.25, 0.3) is 0 Å². The van der Waals surface area contributed by atoms with Gasteiger partial charge in [0.1, 0.15) is 0 Å². The molecule has 1 N–H and O–H groups in total. The molecule has 1 amide bonds. The Labute approximate surface area is 247 Å². The molecule has 0 aromatic rings. The van der Waals surface area contributed by atoms with Crippen molar-refractivity contribution in [2.75, 3.05) is 32.1 Å². The summed E-state index contributed by atoms with van der Waals surface area (Å²) in [6.07, 6.45) is 10.8. The Morgan fingerprint density at radius 3 is 2.62 bits per heavy atom. The predicted molar refractivity (Wildman–Crippen MR) is 159 cm³/mol. The smallest absolute Gasteiger partial charge is 0.335 e. The molecule has 0 spiro atoms. The maximum atomic E-state index is 13.7. The Balaban J connectivity index is 1.66. The van der Waals surface area contributed by atoms with Crippen molar-refractivity contribution < 1.29 is 18.0 Å². The number of fused-ring (bicyclic) bond motifs is 1. The Morgan fingerprint density at radius 1 is 1.30 bits per heavy atom. The summed E-state index contributed by atoms with van der Waals surface area (Å²) in [5.41, 5.74) is 0.905. The highest BCUT2D eigenvalue weighted by atomic mass is 35.5. The lowest BCUT2D eigenvalue weighted by atomic mass is 9.90. The molecule has 2 aliphatic carbocycles. The van der Waals surface area contributed by atoms with Crippen molar-refractivity contribution in [1.82, 2.24) is 9.80 Å². The number of allylic oxidation sites excluding steroid dienone is 7. The number of nitrogens with zero attached hydrogens (tertiary/aromatic N) is 2. The first-order valence-electron chi connectivity index (χ1n) is 14.2. The van der Waals surface area contributed by atoms with Gasteiger partial charge in [-0.1, -0.05) is 61.4 Å². The van der Waals surface area contributed by atoms with E-state index in [2.05, 4.69) is 11.8 Å². The number of nitrogens with one attached hydrogen (secondary N) is 1. The molecule has 4 nitrogen and oxygen atoms in total. The molecule has 1 saturated carbocycles. The minimum Gasteiger partial charge on any atom is -0.335 e. The molecule has 4 unspecified atom stereocenters. The Bertz CT molecular complexity index is 1080. The highest BCUT2D eigenvalue weighted by Crippen LogP contribution is 2.63. The lowest BCUT2D eigenvalue weighted by Gasteiger charge is -2.39. The molecule has 0 radical (unpaired) electrons. The van der Waals surface area contributed by atoms with Gasteiger partial charge < -0.3 is 10.3 Å². The lowest BCUT2D eigenvalue weighted by molar-refractivity contribution is -0.131. The third-order valence-corrected chi connectivity index (χ3v) is 9.47. The average molecular weight is 601 g/mol. The van der Waals surface area contributed by atoms with Crippen molar-refractivity contribution in [2.24, 2.45) is 17.3 Å². The van der Waals surface area contributed by atoms with Gasteiger partial charge in [0.25, 0.3) is 0 Å². The van der Waals surface area contributed by atoms with Gasteiger partial charge in [-0.2, -0.15) is 13.2 Å². The number of rotatable bonds is 12. The fraction of sp³-hybridized carbons (Fsp3) is 0.613. The summed E-state index contributed by atoms with van der Waals surface area (Å²) in [5.74, 6) is 1.28. The number of hydrogen-bond acceptors (Lipinski definition) is 3. The molecule has 40 heavy (non-hydrogen) atoms. The minimum absolute atomic E-state index is 0.0220. The van der Waals surface area contributed by atoms with Gasteiger partial charge in [-0.25, -0.2) is 0 Å². The number of piperidine rings is 1. The largest absolute Gasteiger partial charge is 0.412 e. The second-order valence-electron chi connectivity index (χ2n) is 11.3. The molecule has 9 heteroatoms. The van der Waals surface area contributed by atoms with E-state index in [1.165, 1.54) is 19.1 Å². The summed E-state index contributed by atoms with van der Waals surface area (Å²) in [7, 11) is 0. The highest BCUT2D eigenvalue weighted by molar-refractivity contribution is 6.29. The van der Waals surface area contributed by atoms with Gasteiger partial charge >= 0.3 is 6.18 Å². The van der Waals surface area contributed by atoms with E-state index >= 15 is 0 Å². The summed E-state index contributed by atoms with van der Waals surface area (Å²) in [6, 6.07) is 0.0811. The van der Waals surface area contributed by atoms with Crippen molar-refractivity contribution in [2.45, 2.75) is 71.5 Å². The van der Waals surface area contributed by atoms with E-state index in [1.807, 2.05) is 30.1 Å². The van der Waals surface area contributed by atoms with Gasteiger partial charge in [0.05, 0.1) is 0 Å². The van der Waals surface area contributed by atoms with Crippen LogP contribution in [-0.4, -0.2) is 66.2 Å². The van der Waals surface area contributed by atoms with Gasteiger partial charge in [0, 0.05) is 53.9 Å². The van der Waals surface area contributed by atoms with E-state index in [0.29, 0.717) is 36.3 Å². The number of halogens is 5. The first kappa shape index (κ1) is 32.7. The number of hydrogen-bond donors (Lipinski definition) is 1. The van der Waals surface area contributed by atoms with E-state index in [0.717, 1.165) is 62.1 Å². The van der Waals surface area contributed by atoms with Crippen LogP contribution in [0.1, 0.15) is 59.3 Å². The molecular formula is C31H42Cl2F3N3O. The van der Waals surface area contributed by atoms with E-state index in [-0.39, 0.29) is 23.8 Å². The maximum Gasteiger partial charge on any atom is 0.412 e. The first-order chi connectivity index (χ1) is 19.0. The van der Waals surface area contributed by atoms with E-state index in [4.69, 9.17) is 28.6 Å². The number of likely N-dealkylation sites (tertiary alicyclic amines) is 1. The Morgan fingerprint density at radius 2 is 2.05 bits per heavy atom. The normalized spacial score (nSPS) is 28.4. The van der Waals surface area contributed by atoms with Gasteiger partial charge in [0.15, 0.2) is 0 Å². The average Bonchev–Trinajstić information content (AvgIpc) is 3.49. The summed E-state index contributed by atoms with van der Waals surface area (Å²) in [6.45, 7) is 8.88. The number of carbonyl (C=O) groups excluding carboxylic acids is 1. The quantitative estimate of drug-likeness (QED) is 0.107. The molecule has 1 aliphatic heterocycles. The second kappa shape index (κ2) is 14.4. The third-order valence-electron chi connectivity index (χ3n) is 8.94. The zero-order valence-electron chi connectivity index (χ0n) is 23.7. The molecule has 0 bridgehead atoms. The minimum atomic E-state index is -4.29. The van der Waals surface area contributed by atoms with Crippen molar-refractivity contribution in [3.05, 3.63) is 58.2 Å². The number of carbonyl (C=O) groups is 1. The van der Waals surface area contributed by atoms with Crippen LogP contribution in [0.5, 0.6) is 0 Å². The zero-order chi connectivity index (χ0) is 29.5. The van der Waals surface area contributed by atoms with Gasteiger partial charge in [0.2, 0.25) is 5.91 Å². The van der Waals surface area contributed by atoms with Crippen LogP contribution in [0, 0.1) is 22.7 Å². The topological polar surface area (TPSA) is 47.4 Å². The standard InChI is InChI=1S/C31H42Cl2F3N3O/c1-4-25(31(34,35)36)8-7-22(2)6-5-18-38-19-15-30(23(3)28(30)20-38)21-39(27-11-9-26(33)10-12-27)29(40)24(13-16-32)14-17-37/h5-9,14,17,23,27-28,37H,4,10-13,15-16,18-21H2,1-3H3/b6-5?,22-7?,24-14+,25-8?,37-17?. The molecule has 222 valence electrons. The highest BCUT2D eigenvalue weighted by Gasteiger charge is 2.64. The monoisotopic (exact) mass is 599 g/mol. The second-order valence-corrected chi connectivity index (χ2v) is 12.2. The van der Waals surface area contributed by atoms with Gasteiger partial charge in [-0.15, -0.1) is 11.6 Å². The van der Waals surface area contributed by atoms with Gasteiger partial charge in [-0.3, -0.25) is 9.69 Å². The van der Waals surface area contributed by atoms with Crippen LogP contribution in [0.15, 0.2) is 58.2 Å². The van der Waals surface area contributed by atoms with E-state index in [1.54, 1.807) is 6.08 Å². The van der Waals surface area contributed by atoms with Crippen molar-refractivity contribution >= 4 is 35.3 Å². The maximum absolute atomic E-state index is 13.7. The molecule has 4 atom stereocenters. The molecule has 3 rings (SSSR count). The summed E-state index contributed by atoms with van der Waals surface area (Å²) < 4.78 is 38.9. The van der Waals surface area contributed by atoms with Crippen LogP contribution in [0.2, 0.25) is 0 Å². The molecule has 1 heterocycles. The molecule has 3 aliphatic rings. The van der Waals surface area contributed by atoms with Crippen LogP contribution in [-0.2, 0) is 4.79 Å². The van der Waals surface area contributed by atoms with E-state index < -0.39 is 11.7 Å². The predicted octanol–water partition coefficient (Wildman–Crippen LogP) is 8.05. The van der Waals surface area contributed by atoms with Crippen LogP contribution >= 0.6 is 23.2 Å². The summed E-state index contributed by atoms with van der Waals surface area (Å²) in [5, 5.41) is 8.37. The Kier molecular flexibility index (Phi) is 11.7. The first-order valence-corrected chi connectivity index (χ1v) is 15.1. The van der Waals surface area contributed by atoms with Crippen LogP contribution in [0.3, 0.4) is 0 Å². The fourth-order valence-corrected chi connectivity index (χ4v) is 6.69. The Hall–Kier alpha value is -1.83. The van der Waals surface area contributed by atoms with Crippen molar-refractivity contribution in [1.29, 1.82) is 5.41 Å². The number of amides is 1. The zero-order valence-corrected chi connectivity index (χ0v) is 25.3. The molecule has 1 saturated heterocycles. The lowest BCUT2D eigenvalue weighted by Crippen LogP contribution is -2.47. The van der Waals surface area contributed by atoms with Crippen LogP contribution < -0.4 is 0 Å². The van der Waals surface area contributed by atoms with Crippen molar-refractivity contribution in [3.8, 4) is 0 Å². The van der Waals surface area contributed by atoms with Crippen molar-refractivity contribution in [3.63, 3.8) is 0 Å². The van der Waals surface area contributed by atoms with Gasteiger partial charge in [-0.05, 0) is 75.3 Å². The van der Waals surface area contributed by atoms with Crippen LogP contribution in [0.4, 0.5) is 13.2 Å².